The minimum absolute atomic E-state index is 0.974. The first-order valence-electron chi connectivity index (χ1n) is 3.30. The largest absolute Gasteiger partial charge is 0.391 e. The van der Waals surface area contributed by atoms with Crippen LogP contribution in [-0.2, 0) is 0 Å². The lowest BCUT2D eigenvalue weighted by atomic mass is 10.2. The first-order chi connectivity index (χ1) is 4.43. The Labute approximate surface area is 55.7 Å². The molecule has 0 atom stereocenters. The molecule has 9 heavy (non-hydrogen) atoms. The number of nitrogens with one attached hydrogen (secondary N) is 1. The molecule has 0 fully saturated rings. The van der Waals surface area contributed by atoms with E-state index in [0.717, 1.165) is 13.0 Å². The highest BCUT2D eigenvalue weighted by molar-refractivity contribution is 5.72. The summed E-state index contributed by atoms with van der Waals surface area (Å²) in [4.78, 5) is 4.13. The molecule has 0 saturated carbocycles. The standard InChI is InChI=1S/C7H12N2/c1-8-7-3-2-5-9-6-4-7/h4,6,8H,2-3,5H2,1H3. The number of hydrogen-bond acceptors (Lipinski definition) is 2. The summed E-state index contributed by atoms with van der Waals surface area (Å²) in [6.07, 6.45) is 6.21. The molecule has 0 aromatic rings. The van der Waals surface area contributed by atoms with Gasteiger partial charge in [-0.1, -0.05) is 0 Å². The topological polar surface area (TPSA) is 24.4 Å². The van der Waals surface area contributed by atoms with Crippen molar-refractivity contribution in [2.75, 3.05) is 13.6 Å². The number of rotatable bonds is 1. The molecular weight excluding hydrogens is 112 g/mol. The first kappa shape index (κ1) is 6.33. The Morgan fingerprint density at radius 3 is 3.33 bits per heavy atom. The van der Waals surface area contributed by atoms with Crippen LogP contribution in [0.4, 0.5) is 0 Å². The van der Waals surface area contributed by atoms with E-state index in [0.29, 0.717) is 0 Å². The molecule has 0 spiro atoms. The molecule has 0 radical (unpaired) electrons. The Hall–Kier alpha value is -0.790. The number of nitrogens with zero attached hydrogens (tertiary/aromatic N) is 1. The Morgan fingerprint density at radius 2 is 2.56 bits per heavy atom. The maximum Gasteiger partial charge on any atom is 0.0392 e. The van der Waals surface area contributed by atoms with E-state index in [1.54, 1.807) is 0 Å². The number of allylic oxidation sites excluding steroid dienone is 2. The van der Waals surface area contributed by atoms with Gasteiger partial charge < -0.3 is 5.32 Å². The average molecular weight is 124 g/mol. The van der Waals surface area contributed by atoms with Crippen LogP contribution in [0.1, 0.15) is 12.8 Å². The van der Waals surface area contributed by atoms with Crippen molar-refractivity contribution in [1.82, 2.24) is 5.32 Å². The third-order valence-corrected chi connectivity index (χ3v) is 1.44. The number of aliphatic imine (C=N–C) groups is 1. The van der Waals surface area contributed by atoms with Crippen molar-refractivity contribution in [2.45, 2.75) is 12.8 Å². The molecule has 50 valence electrons. The van der Waals surface area contributed by atoms with Gasteiger partial charge in [0.25, 0.3) is 0 Å². The fraction of sp³-hybridized carbons (Fsp3) is 0.571. The van der Waals surface area contributed by atoms with Gasteiger partial charge in [-0.05, 0) is 18.9 Å². The van der Waals surface area contributed by atoms with E-state index < -0.39 is 0 Å². The molecule has 0 bridgehead atoms. The van der Waals surface area contributed by atoms with E-state index in [-0.39, 0.29) is 0 Å². The molecule has 1 rings (SSSR count). The molecule has 0 unspecified atom stereocenters. The second-order valence-corrected chi connectivity index (χ2v) is 2.10. The van der Waals surface area contributed by atoms with E-state index in [4.69, 9.17) is 0 Å². The van der Waals surface area contributed by atoms with Crippen molar-refractivity contribution in [1.29, 1.82) is 0 Å². The van der Waals surface area contributed by atoms with Gasteiger partial charge in [-0.25, -0.2) is 0 Å². The summed E-state index contributed by atoms with van der Waals surface area (Å²) in [6.45, 7) is 0.974. The van der Waals surface area contributed by atoms with Crippen molar-refractivity contribution >= 4 is 6.21 Å². The van der Waals surface area contributed by atoms with Crippen LogP contribution in [0.3, 0.4) is 0 Å². The van der Waals surface area contributed by atoms with Crippen LogP contribution in [0.2, 0.25) is 0 Å². The zero-order valence-corrected chi connectivity index (χ0v) is 5.72. The summed E-state index contributed by atoms with van der Waals surface area (Å²) in [5.41, 5.74) is 1.29. The third kappa shape index (κ3) is 1.88. The third-order valence-electron chi connectivity index (χ3n) is 1.44. The second kappa shape index (κ2) is 3.28. The van der Waals surface area contributed by atoms with Crippen LogP contribution < -0.4 is 5.32 Å². The highest BCUT2D eigenvalue weighted by Crippen LogP contribution is 2.02. The summed E-state index contributed by atoms with van der Waals surface area (Å²) in [7, 11) is 1.95. The SMILES string of the molecule is CNC1=CC=NCCC1. The lowest BCUT2D eigenvalue weighted by Gasteiger charge is -2.00. The van der Waals surface area contributed by atoms with E-state index >= 15 is 0 Å². The van der Waals surface area contributed by atoms with Gasteiger partial charge in [0.2, 0.25) is 0 Å². The molecule has 2 nitrogen and oxygen atoms in total. The van der Waals surface area contributed by atoms with E-state index in [9.17, 15) is 0 Å². The lowest BCUT2D eigenvalue weighted by molar-refractivity contribution is 0.782. The Kier molecular flexibility index (Phi) is 2.31. The Balaban J connectivity index is 2.49. The molecule has 1 heterocycles. The van der Waals surface area contributed by atoms with Crippen molar-refractivity contribution in [2.24, 2.45) is 4.99 Å². The van der Waals surface area contributed by atoms with Crippen molar-refractivity contribution in [3.63, 3.8) is 0 Å². The zero-order valence-electron chi connectivity index (χ0n) is 5.72. The monoisotopic (exact) mass is 124 g/mol. The summed E-state index contributed by atoms with van der Waals surface area (Å²) >= 11 is 0. The van der Waals surface area contributed by atoms with E-state index in [1.807, 2.05) is 19.3 Å². The predicted molar refractivity (Wildman–Crippen MR) is 39.7 cm³/mol. The molecule has 2 heteroatoms. The van der Waals surface area contributed by atoms with Crippen LogP contribution in [0.15, 0.2) is 16.8 Å². The highest BCUT2D eigenvalue weighted by atomic mass is 14.8. The molecule has 0 saturated heterocycles. The molecule has 0 aliphatic carbocycles. The van der Waals surface area contributed by atoms with Crippen LogP contribution in [-0.4, -0.2) is 19.8 Å². The van der Waals surface area contributed by atoms with Crippen molar-refractivity contribution < 1.29 is 0 Å². The minimum Gasteiger partial charge on any atom is -0.391 e. The van der Waals surface area contributed by atoms with E-state index in [2.05, 4.69) is 10.3 Å². The summed E-state index contributed by atoms with van der Waals surface area (Å²) in [5.74, 6) is 0. The molecular formula is C7H12N2. The van der Waals surface area contributed by atoms with Crippen molar-refractivity contribution in [3.05, 3.63) is 11.8 Å². The van der Waals surface area contributed by atoms with Gasteiger partial charge in [-0.3, -0.25) is 4.99 Å². The maximum absolute atomic E-state index is 4.13. The van der Waals surface area contributed by atoms with Gasteiger partial charge in [-0.2, -0.15) is 0 Å². The van der Waals surface area contributed by atoms with Gasteiger partial charge in [0.15, 0.2) is 0 Å². The summed E-state index contributed by atoms with van der Waals surface area (Å²) in [5, 5.41) is 3.11. The fourth-order valence-corrected chi connectivity index (χ4v) is 0.870. The fourth-order valence-electron chi connectivity index (χ4n) is 0.870. The van der Waals surface area contributed by atoms with Gasteiger partial charge in [0.1, 0.15) is 0 Å². The Bertz CT molecular complexity index is 136. The van der Waals surface area contributed by atoms with E-state index in [1.165, 1.54) is 12.1 Å². The van der Waals surface area contributed by atoms with Crippen LogP contribution in [0.5, 0.6) is 0 Å². The second-order valence-electron chi connectivity index (χ2n) is 2.10. The Morgan fingerprint density at radius 1 is 1.67 bits per heavy atom. The van der Waals surface area contributed by atoms with Gasteiger partial charge >= 0.3 is 0 Å². The predicted octanol–water partition coefficient (Wildman–Crippen LogP) is 0.954. The zero-order chi connectivity index (χ0) is 6.53. The normalized spacial score (nSPS) is 18.6. The average Bonchev–Trinajstić information content (AvgIpc) is 2.13. The van der Waals surface area contributed by atoms with Crippen molar-refractivity contribution in [3.8, 4) is 0 Å². The molecule has 1 aliphatic rings. The van der Waals surface area contributed by atoms with Crippen LogP contribution in [0.25, 0.3) is 0 Å². The first-order valence-corrected chi connectivity index (χ1v) is 3.30. The lowest BCUT2D eigenvalue weighted by Crippen LogP contribution is -2.04. The highest BCUT2D eigenvalue weighted by Gasteiger charge is 1.94. The van der Waals surface area contributed by atoms with Gasteiger partial charge in [0, 0.05) is 25.5 Å². The molecule has 0 amide bonds. The van der Waals surface area contributed by atoms with Gasteiger partial charge in [-0.15, -0.1) is 0 Å². The molecule has 0 aromatic carbocycles. The van der Waals surface area contributed by atoms with Crippen LogP contribution in [0, 0.1) is 0 Å². The quantitative estimate of drug-likeness (QED) is 0.553. The molecule has 1 N–H and O–H groups in total. The summed E-state index contributed by atoms with van der Waals surface area (Å²) < 4.78 is 0. The van der Waals surface area contributed by atoms with Crippen LogP contribution >= 0.6 is 0 Å². The summed E-state index contributed by atoms with van der Waals surface area (Å²) in [6, 6.07) is 0. The number of hydrogen-bond donors (Lipinski definition) is 1. The maximum atomic E-state index is 4.13. The molecule has 1 aliphatic heterocycles. The van der Waals surface area contributed by atoms with Gasteiger partial charge in [0.05, 0.1) is 0 Å². The minimum atomic E-state index is 0.974. The molecule has 0 aromatic heterocycles. The smallest absolute Gasteiger partial charge is 0.0392 e.